The number of nitrogens with zero attached hydrogens (tertiary/aromatic N) is 6. The summed E-state index contributed by atoms with van der Waals surface area (Å²) in [4.78, 5) is 11.1. The number of hydrogen-bond acceptors (Lipinski definition) is 6. The summed E-state index contributed by atoms with van der Waals surface area (Å²) in [5, 5.41) is 13.2. The molecular formula is C24H22F4N8. The van der Waals surface area contributed by atoms with Crippen molar-refractivity contribution in [2.24, 2.45) is 18.4 Å². The molecule has 0 unspecified atom stereocenters. The summed E-state index contributed by atoms with van der Waals surface area (Å²) >= 11 is 0. The maximum Gasteiger partial charge on any atom is 0.241 e. The maximum absolute atomic E-state index is 14.6. The first-order chi connectivity index (χ1) is 17.3. The largest absolute Gasteiger partial charge is 0.355 e. The number of aryl methyl sites for hydroxylation is 1. The molecule has 4 aromatic rings. The average molecular weight is 498 g/mol. The van der Waals surface area contributed by atoms with Crippen LogP contribution >= 0.6 is 0 Å². The summed E-state index contributed by atoms with van der Waals surface area (Å²) in [5.41, 5.74) is 1.29. The Balaban J connectivity index is 1.12. The highest BCUT2D eigenvalue weighted by molar-refractivity contribution is 5.68. The molecule has 1 saturated heterocycles. The summed E-state index contributed by atoms with van der Waals surface area (Å²) in [6.07, 6.45) is 1.85. The number of aromatic amines is 1. The number of alkyl halides is 2. The van der Waals surface area contributed by atoms with Crippen LogP contribution in [0.4, 0.5) is 35.0 Å². The smallest absolute Gasteiger partial charge is 0.241 e. The zero-order valence-electron chi connectivity index (χ0n) is 19.2. The maximum atomic E-state index is 14.6. The second-order valence-electron chi connectivity index (χ2n) is 9.56. The minimum absolute atomic E-state index is 0.0227. The molecule has 1 spiro atoms. The molecule has 0 radical (unpaired) electrons. The van der Waals surface area contributed by atoms with Crippen LogP contribution in [-0.2, 0) is 7.05 Å². The van der Waals surface area contributed by atoms with Crippen molar-refractivity contribution in [1.29, 1.82) is 0 Å². The summed E-state index contributed by atoms with van der Waals surface area (Å²) in [5.74, 6) is -0.154. The lowest BCUT2D eigenvalue weighted by atomic mass is 9.58. The van der Waals surface area contributed by atoms with Crippen molar-refractivity contribution >= 4 is 17.5 Å². The lowest BCUT2D eigenvalue weighted by molar-refractivity contribution is -0.0658. The van der Waals surface area contributed by atoms with Gasteiger partial charge in [0.15, 0.2) is 5.82 Å². The van der Waals surface area contributed by atoms with E-state index in [1.807, 2.05) is 12.1 Å². The van der Waals surface area contributed by atoms with E-state index in [-0.39, 0.29) is 16.5 Å². The molecule has 0 amide bonds. The summed E-state index contributed by atoms with van der Waals surface area (Å²) in [6.45, 7) is 1.50. The second-order valence-corrected chi connectivity index (χ2v) is 9.56. The Kier molecular flexibility index (Phi) is 5.20. The fourth-order valence-electron chi connectivity index (χ4n) is 5.13. The van der Waals surface area contributed by atoms with Gasteiger partial charge in [0.05, 0.1) is 11.8 Å². The first kappa shape index (κ1) is 22.5. The molecule has 8 nitrogen and oxygen atoms in total. The third-order valence-corrected chi connectivity index (χ3v) is 7.00. The Morgan fingerprint density at radius 2 is 1.89 bits per heavy atom. The van der Waals surface area contributed by atoms with E-state index in [0.717, 1.165) is 18.9 Å². The summed E-state index contributed by atoms with van der Waals surface area (Å²) < 4.78 is 55.4. The highest BCUT2D eigenvalue weighted by Gasteiger charge is 2.54. The predicted octanol–water partition coefficient (Wildman–Crippen LogP) is 4.77. The van der Waals surface area contributed by atoms with E-state index in [1.165, 1.54) is 23.0 Å². The van der Waals surface area contributed by atoms with E-state index >= 15 is 0 Å². The molecule has 1 saturated carbocycles. The van der Waals surface area contributed by atoms with Gasteiger partial charge in [0.25, 0.3) is 0 Å². The van der Waals surface area contributed by atoms with Crippen LogP contribution < -0.4 is 10.2 Å². The van der Waals surface area contributed by atoms with Crippen LogP contribution in [0.3, 0.4) is 0 Å². The highest BCUT2D eigenvalue weighted by Crippen LogP contribution is 2.54. The summed E-state index contributed by atoms with van der Waals surface area (Å²) in [7, 11) is 1.71. The number of aromatic nitrogens is 6. The molecule has 12 heteroatoms. The molecular weight excluding hydrogens is 476 g/mol. The zero-order valence-corrected chi connectivity index (χ0v) is 19.2. The van der Waals surface area contributed by atoms with E-state index in [1.54, 1.807) is 19.3 Å². The van der Waals surface area contributed by atoms with Crippen LogP contribution in [0.15, 0.2) is 42.7 Å². The fourth-order valence-corrected chi connectivity index (χ4v) is 5.13. The number of rotatable bonds is 6. The molecule has 4 heterocycles. The van der Waals surface area contributed by atoms with Gasteiger partial charge in [0, 0.05) is 54.5 Å². The van der Waals surface area contributed by atoms with E-state index in [2.05, 4.69) is 35.5 Å². The molecule has 0 bridgehead atoms. The van der Waals surface area contributed by atoms with Crippen LogP contribution in [-0.4, -0.2) is 49.5 Å². The standard InChI is InChI=1S/C24H22F4N8/c1-35-23(31-15-3-4-16(18(25)6-15)17-10-30-33-21(17)28)32-22(34-35)13-2-5-19(29-9-13)36-11-24(12-36)7-14(8-24)20(26)27/h2-6,9-10,14,20H,7-8,11-12H2,1H3,(H,30,33)(H,31,32,34). The van der Waals surface area contributed by atoms with Crippen LogP contribution in [0.5, 0.6) is 0 Å². The minimum atomic E-state index is -2.22. The molecule has 36 heavy (non-hydrogen) atoms. The highest BCUT2D eigenvalue weighted by atomic mass is 19.3. The van der Waals surface area contributed by atoms with Crippen molar-refractivity contribution in [3.8, 4) is 22.5 Å². The minimum Gasteiger partial charge on any atom is -0.355 e. The van der Waals surface area contributed by atoms with Gasteiger partial charge < -0.3 is 10.2 Å². The van der Waals surface area contributed by atoms with Gasteiger partial charge in [-0.1, -0.05) is 0 Å². The number of hydrogen-bond donors (Lipinski definition) is 2. The predicted molar refractivity (Wildman–Crippen MR) is 125 cm³/mol. The number of pyridine rings is 1. The van der Waals surface area contributed by atoms with Gasteiger partial charge in [-0.15, -0.1) is 5.10 Å². The first-order valence-electron chi connectivity index (χ1n) is 11.5. The molecule has 1 aliphatic carbocycles. The van der Waals surface area contributed by atoms with Crippen molar-refractivity contribution in [3.05, 3.63) is 54.5 Å². The topological polar surface area (TPSA) is 87.6 Å². The number of benzene rings is 1. The second kappa shape index (κ2) is 8.32. The monoisotopic (exact) mass is 498 g/mol. The van der Waals surface area contributed by atoms with Crippen molar-refractivity contribution in [3.63, 3.8) is 0 Å². The van der Waals surface area contributed by atoms with Gasteiger partial charge in [0.2, 0.25) is 18.3 Å². The number of nitrogens with one attached hydrogen (secondary N) is 2. The molecule has 2 fully saturated rings. The molecule has 2 aliphatic rings. The lowest BCUT2D eigenvalue weighted by Crippen LogP contribution is -2.63. The van der Waals surface area contributed by atoms with Crippen LogP contribution in [0.25, 0.3) is 22.5 Å². The van der Waals surface area contributed by atoms with Gasteiger partial charge in [-0.3, -0.25) is 5.10 Å². The van der Waals surface area contributed by atoms with Crippen LogP contribution in [0, 0.1) is 23.1 Å². The normalized spacial score (nSPS) is 16.9. The van der Waals surface area contributed by atoms with Gasteiger partial charge in [0.1, 0.15) is 11.6 Å². The Hall–Kier alpha value is -3.96. The Labute approximate surface area is 203 Å². The van der Waals surface area contributed by atoms with E-state index in [9.17, 15) is 17.6 Å². The quantitative estimate of drug-likeness (QED) is 0.373. The van der Waals surface area contributed by atoms with E-state index in [4.69, 9.17) is 0 Å². The third-order valence-electron chi connectivity index (χ3n) is 7.00. The van der Waals surface area contributed by atoms with Crippen molar-refractivity contribution < 1.29 is 17.6 Å². The number of H-pyrrole nitrogens is 1. The average Bonchev–Trinajstić information content (AvgIpc) is 3.38. The Bertz CT molecular complexity index is 1400. The third kappa shape index (κ3) is 3.86. The van der Waals surface area contributed by atoms with Crippen LogP contribution in [0.2, 0.25) is 0 Å². The number of halogens is 4. The molecule has 186 valence electrons. The van der Waals surface area contributed by atoms with Gasteiger partial charge in [-0.25, -0.2) is 22.8 Å². The SMILES string of the molecule is Cn1nc(-c2ccc(N3CC4(CC(C(F)F)C4)C3)nc2)nc1Nc1ccc(-c2cn[nH]c2F)c(F)c1. The number of anilines is 3. The van der Waals surface area contributed by atoms with Crippen molar-refractivity contribution in [1.82, 2.24) is 29.9 Å². The van der Waals surface area contributed by atoms with Gasteiger partial charge in [-0.05, 0) is 43.2 Å². The first-order valence-corrected chi connectivity index (χ1v) is 11.5. The molecule has 2 N–H and O–H groups in total. The summed E-state index contributed by atoms with van der Waals surface area (Å²) in [6, 6.07) is 8.06. The van der Waals surface area contributed by atoms with Gasteiger partial charge >= 0.3 is 0 Å². The van der Waals surface area contributed by atoms with E-state index in [0.29, 0.717) is 35.9 Å². The Morgan fingerprint density at radius 3 is 2.53 bits per heavy atom. The van der Waals surface area contributed by atoms with Crippen molar-refractivity contribution in [2.75, 3.05) is 23.3 Å². The lowest BCUT2D eigenvalue weighted by Gasteiger charge is -2.59. The van der Waals surface area contributed by atoms with Crippen LogP contribution in [0.1, 0.15) is 12.8 Å². The molecule has 0 atom stereocenters. The molecule has 3 aromatic heterocycles. The van der Waals surface area contributed by atoms with E-state index < -0.39 is 24.1 Å². The van der Waals surface area contributed by atoms with Gasteiger partial charge in [-0.2, -0.15) is 14.5 Å². The fraction of sp³-hybridized carbons (Fsp3) is 0.333. The van der Waals surface area contributed by atoms with Crippen molar-refractivity contribution in [2.45, 2.75) is 19.3 Å². The molecule has 1 aliphatic heterocycles. The Morgan fingerprint density at radius 1 is 1.08 bits per heavy atom. The molecule has 1 aromatic carbocycles. The zero-order chi connectivity index (χ0) is 25.0. The molecule has 6 rings (SSSR count).